The first-order chi connectivity index (χ1) is 10.8. The Morgan fingerprint density at radius 1 is 1.09 bits per heavy atom. The van der Waals surface area contributed by atoms with Crippen LogP contribution < -0.4 is 5.32 Å². The number of rotatable bonds is 3. The highest BCUT2D eigenvalue weighted by atomic mass is 32.1. The van der Waals surface area contributed by atoms with E-state index < -0.39 is 0 Å². The minimum atomic E-state index is 0.203. The lowest BCUT2D eigenvalue weighted by Gasteiger charge is -2.04. The van der Waals surface area contributed by atoms with Gasteiger partial charge >= 0.3 is 0 Å². The van der Waals surface area contributed by atoms with Crippen LogP contribution in [0.15, 0.2) is 60.2 Å². The predicted molar refractivity (Wildman–Crippen MR) is 87.7 cm³/mol. The second-order valence-corrected chi connectivity index (χ2v) is 5.61. The second kappa shape index (κ2) is 5.16. The summed E-state index contributed by atoms with van der Waals surface area (Å²) in [6.07, 6.45) is 3.78. The molecule has 4 aromatic rings. The van der Waals surface area contributed by atoms with E-state index in [-0.39, 0.29) is 5.75 Å². The van der Waals surface area contributed by atoms with Crippen molar-refractivity contribution in [3.8, 4) is 17.1 Å². The molecule has 2 N–H and O–H groups in total. The fourth-order valence-electron chi connectivity index (χ4n) is 2.27. The standard InChI is InChI=1S/C16H12N4OS/c21-14-6-2-1-5-11(14)18-16-19-12(10-22-16)13-9-17-15-7-3-4-8-20(13)15/h1-10,21H,(H,18,19). The number of hydrogen-bond acceptors (Lipinski definition) is 5. The third-order valence-electron chi connectivity index (χ3n) is 3.33. The van der Waals surface area contributed by atoms with Gasteiger partial charge in [0.05, 0.1) is 17.6 Å². The van der Waals surface area contributed by atoms with Crippen molar-refractivity contribution in [1.82, 2.24) is 14.4 Å². The van der Waals surface area contributed by atoms with Gasteiger partial charge in [-0.15, -0.1) is 11.3 Å². The van der Waals surface area contributed by atoms with Crippen LogP contribution in [0.2, 0.25) is 0 Å². The Kier molecular flexibility index (Phi) is 3.01. The highest BCUT2D eigenvalue weighted by molar-refractivity contribution is 7.14. The SMILES string of the molecule is Oc1ccccc1Nc1nc(-c2cnc3ccccn23)cs1. The van der Waals surface area contributed by atoms with E-state index in [9.17, 15) is 5.11 Å². The van der Waals surface area contributed by atoms with Gasteiger partial charge in [-0.25, -0.2) is 9.97 Å². The highest BCUT2D eigenvalue weighted by Crippen LogP contribution is 2.30. The van der Waals surface area contributed by atoms with Crippen LogP contribution in [0.1, 0.15) is 0 Å². The fraction of sp³-hybridized carbons (Fsp3) is 0. The molecule has 0 aliphatic carbocycles. The normalized spacial score (nSPS) is 10.9. The number of phenolic OH excluding ortho intramolecular Hbond substituents is 1. The summed E-state index contributed by atoms with van der Waals surface area (Å²) in [5, 5.41) is 15.6. The van der Waals surface area contributed by atoms with E-state index in [1.54, 1.807) is 12.1 Å². The fourth-order valence-corrected chi connectivity index (χ4v) is 2.98. The first kappa shape index (κ1) is 12.8. The first-order valence-electron chi connectivity index (χ1n) is 6.74. The molecule has 4 rings (SSSR count). The molecule has 0 radical (unpaired) electrons. The number of fused-ring (bicyclic) bond motifs is 1. The number of anilines is 2. The maximum Gasteiger partial charge on any atom is 0.187 e. The van der Waals surface area contributed by atoms with Crippen molar-refractivity contribution in [3.63, 3.8) is 0 Å². The topological polar surface area (TPSA) is 62.5 Å². The molecule has 0 saturated carbocycles. The zero-order valence-corrected chi connectivity index (χ0v) is 12.3. The Labute approximate surface area is 130 Å². The van der Waals surface area contributed by atoms with Crippen LogP contribution in [0.25, 0.3) is 17.0 Å². The number of aromatic nitrogens is 3. The van der Waals surface area contributed by atoms with Crippen LogP contribution in [-0.2, 0) is 0 Å². The van der Waals surface area contributed by atoms with Gasteiger partial charge in [0.1, 0.15) is 17.1 Å². The zero-order chi connectivity index (χ0) is 14.9. The summed E-state index contributed by atoms with van der Waals surface area (Å²) in [6.45, 7) is 0. The molecule has 0 bridgehead atoms. The third-order valence-corrected chi connectivity index (χ3v) is 4.09. The lowest BCUT2D eigenvalue weighted by Crippen LogP contribution is -1.91. The molecule has 0 spiro atoms. The molecule has 108 valence electrons. The maximum atomic E-state index is 9.80. The van der Waals surface area contributed by atoms with Gasteiger partial charge in [0, 0.05) is 11.6 Å². The molecule has 5 nitrogen and oxygen atoms in total. The van der Waals surface area contributed by atoms with Crippen LogP contribution in [-0.4, -0.2) is 19.5 Å². The molecular weight excluding hydrogens is 296 g/mol. The average molecular weight is 308 g/mol. The summed E-state index contributed by atoms with van der Waals surface area (Å²) in [5.41, 5.74) is 3.32. The van der Waals surface area contributed by atoms with Crippen molar-refractivity contribution in [2.24, 2.45) is 0 Å². The van der Waals surface area contributed by atoms with Crippen LogP contribution in [0.3, 0.4) is 0 Å². The number of pyridine rings is 1. The summed E-state index contributed by atoms with van der Waals surface area (Å²) < 4.78 is 2.00. The van der Waals surface area contributed by atoms with Crippen molar-refractivity contribution in [3.05, 3.63) is 60.2 Å². The third kappa shape index (κ3) is 2.19. The number of thiazole rings is 1. The lowest BCUT2D eigenvalue weighted by molar-refractivity contribution is 0.478. The Balaban J connectivity index is 1.68. The van der Waals surface area contributed by atoms with Gasteiger partial charge in [0.25, 0.3) is 0 Å². The van der Waals surface area contributed by atoms with Gasteiger partial charge in [-0.05, 0) is 24.3 Å². The highest BCUT2D eigenvalue weighted by Gasteiger charge is 2.10. The van der Waals surface area contributed by atoms with Crippen LogP contribution in [0.4, 0.5) is 10.8 Å². The minimum Gasteiger partial charge on any atom is -0.506 e. The van der Waals surface area contributed by atoms with Crippen LogP contribution in [0.5, 0.6) is 5.75 Å². The largest absolute Gasteiger partial charge is 0.506 e. The molecule has 1 aromatic carbocycles. The van der Waals surface area contributed by atoms with Crippen molar-refractivity contribution in [1.29, 1.82) is 0 Å². The first-order valence-corrected chi connectivity index (χ1v) is 7.62. The number of imidazole rings is 1. The number of nitrogens with one attached hydrogen (secondary N) is 1. The van der Waals surface area contributed by atoms with Gasteiger partial charge in [-0.2, -0.15) is 0 Å². The van der Waals surface area contributed by atoms with E-state index in [1.807, 2.05) is 52.5 Å². The smallest absolute Gasteiger partial charge is 0.187 e. The molecule has 0 atom stereocenters. The van der Waals surface area contributed by atoms with Gasteiger partial charge in [-0.3, -0.25) is 4.40 Å². The Bertz CT molecular complexity index is 944. The minimum absolute atomic E-state index is 0.203. The number of para-hydroxylation sites is 2. The Hall–Kier alpha value is -2.86. The summed E-state index contributed by atoms with van der Waals surface area (Å²) in [6, 6.07) is 13.0. The average Bonchev–Trinajstić information content (AvgIpc) is 3.16. The van der Waals surface area contributed by atoms with E-state index in [2.05, 4.69) is 15.3 Å². The number of benzene rings is 1. The second-order valence-electron chi connectivity index (χ2n) is 4.75. The molecule has 3 aromatic heterocycles. The summed E-state index contributed by atoms with van der Waals surface area (Å²) in [7, 11) is 0. The van der Waals surface area contributed by atoms with Gasteiger partial charge in [0.15, 0.2) is 5.13 Å². The van der Waals surface area contributed by atoms with Crippen molar-refractivity contribution in [2.45, 2.75) is 0 Å². The Morgan fingerprint density at radius 3 is 2.86 bits per heavy atom. The molecule has 6 heteroatoms. The van der Waals surface area contributed by atoms with E-state index in [1.165, 1.54) is 11.3 Å². The van der Waals surface area contributed by atoms with Crippen LogP contribution >= 0.6 is 11.3 Å². The van der Waals surface area contributed by atoms with E-state index in [0.29, 0.717) is 5.69 Å². The van der Waals surface area contributed by atoms with Crippen molar-refractivity contribution >= 4 is 27.8 Å². The molecule has 0 saturated heterocycles. The molecule has 0 aliphatic heterocycles. The van der Waals surface area contributed by atoms with Gasteiger partial charge < -0.3 is 10.4 Å². The summed E-state index contributed by atoms with van der Waals surface area (Å²) >= 11 is 1.49. The van der Waals surface area contributed by atoms with E-state index >= 15 is 0 Å². The molecule has 3 heterocycles. The molecule has 0 amide bonds. The number of aromatic hydroxyl groups is 1. The molecule has 0 fully saturated rings. The van der Waals surface area contributed by atoms with Gasteiger partial charge in [-0.1, -0.05) is 18.2 Å². The number of phenols is 1. The summed E-state index contributed by atoms with van der Waals surface area (Å²) in [5.74, 6) is 0.203. The van der Waals surface area contributed by atoms with Crippen molar-refractivity contribution in [2.75, 3.05) is 5.32 Å². The quantitative estimate of drug-likeness (QED) is 0.563. The monoisotopic (exact) mass is 308 g/mol. The molecule has 0 unspecified atom stereocenters. The van der Waals surface area contributed by atoms with E-state index in [4.69, 9.17) is 0 Å². The molecule has 22 heavy (non-hydrogen) atoms. The zero-order valence-electron chi connectivity index (χ0n) is 11.5. The molecule has 0 aliphatic rings. The van der Waals surface area contributed by atoms with E-state index in [0.717, 1.165) is 22.2 Å². The Morgan fingerprint density at radius 2 is 1.95 bits per heavy atom. The summed E-state index contributed by atoms with van der Waals surface area (Å²) in [4.78, 5) is 8.94. The predicted octanol–water partition coefficient (Wildman–Crippen LogP) is 3.91. The van der Waals surface area contributed by atoms with Gasteiger partial charge in [0.2, 0.25) is 0 Å². The number of hydrogen-bond donors (Lipinski definition) is 2. The number of nitrogens with zero attached hydrogens (tertiary/aromatic N) is 3. The maximum absolute atomic E-state index is 9.80. The van der Waals surface area contributed by atoms with Crippen LogP contribution in [0, 0.1) is 0 Å². The lowest BCUT2D eigenvalue weighted by atomic mass is 10.3. The molecular formula is C16H12N4OS. The van der Waals surface area contributed by atoms with Crippen molar-refractivity contribution < 1.29 is 5.11 Å².